The summed E-state index contributed by atoms with van der Waals surface area (Å²) in [6.07, 6.45) is 1.42. The van der Waals surface area contributed by atoms with E-state index in [0.29, 0.717) is 34.1 Å². The average molecular weight is 369 g/mol. The summed E-state index contributed by atoms with van der Waals surface area (Å²) < 4.78 is 21.2. The molecular formula is C19H19N3O5. The topological polar surface area (TPSA) is 102 Å². The number of hydrazone groups is 1. The van der Waals surface area contributed by atoms with Crippen molar-refractivity contribution in [3.05, 3.63) is 47.5 Å². The van der Waals surface area contributed by atoms with Crippen LogP contribution in [0.25, 0.3) is 0 Å². The zero-order valence-corrected chi connectivity index (χ0v) is 15.2. The molecular weight excluding hydrogens is 350 g/mol. The number of ether oxygens (including phenoxy) is 4. The fourth-order valence-electron chi connectivity index (χ4n) is 2.26. The zero-order valence-electron chi connectivity index (χ0n) is 15.2. The van der Waals surface area contributed by atoms with Crippen LogP contribution in [0.3, 0.4) is 0 Å². The summed E-state index contributed by atoms with van der Waals surface area (Å²) in [4.78, 5) is 11.9. The molecule has 0 fully saturated rings. The fraction of sp³-hybridized carbons (Fsp3) is 0.211. The number of methoxy groups -OCH3 is 3. The third-order valence-corrected chi connectivity index (χ3v) is 3.49. The molecule has 0 saturated heterocycles. The molecule has 2 aromatic rings. The van der Waals surface area contributed by atoms with E-state index >= 15 is 0 Å². The van der Waals surface area contributed by atoms with Crippen LogP contribution in [0.2, 0.25) is 0 Å². The highest BCUT2D eigenvalue weighted by Gasteiger charge is 2.14. The van der Waals surface area contributed by atoms with Crippen molar-refractivity contribution >= 4 is 12.1 Å². The zero-order chi connectivity index (χ0) is 19.6. The lowest BCUT2D eigenvalue weighted by molar-refractivity contribution is -0.123. The first-order chi connectivity index (χ1) is 13.1. The molecule has 27 heavy (non-hydrogen) atoms. The summed E-state index contributed by atoms with van der Waals surface area (Å²) >= 11 is 0. The van der Waals surface area contributed by atoms with Gasteiger partial charge in [-0.1, -0.05) is 12.1 Å². The molecule has 0 bridgehead atoms. The number of nitriles is 1. The molecule has 0 heterocycles. The fourth-order valence-corrected chi connectivity index (χ4v) is 2.26. The maximum Gasteiger partial charge on any atom is 0.277 e. The van der Waals surface area contributed by atoms with Crippen molar-refractivity contribution in [2.45, 2.75) is 0 Å². The number of carbonyl (C=O) groups excluding carboxylic acids is 1. The quantitative estimate of drug-likeness (QED) is 0.565. The first-order valence-corrected chi connectivity index (χ1v) is 7.87. The number of nitrogens with one attached hydrogen (secondary N) is 1. The molecule has 1 N–H and O–H groups in total. The summed E-state index contributed by atoms with van der Waals surface area (Å²) in [5, 5.41) is 12.9. The van der Waals surface area contributed by atoms with Crippen molar-refractivity contribution in [2.24, 2.45) is 5.10 Å². The number of nitrogens with zero attached hydrogens (tertiary/aromatic N) is 2. The maximum atomic E-state index is 11.9. The number of benzene rings is 2. The molecule has 0 aliphatic heterocycles. The number of amides is 1. The van der Waals surface area contributed by atoms with Gasteiger partial charge in [0.25, 0.3) is 5.91 Å². The first-order valence-electron chi connectivity index (χ1n) is 7.87. The third kappa shape index (κ3) is 4.89. The van der Waals surface area contributed by atoms with E-state index in [-0.39, 0.29) is 6.61 Å². The highest BCUT2D eigenvalue weighted by molar-refractivity contribution is 5.87. The van der Waals surface area contributed by atoms with Gasteiger partial charge in [-0.2, -0.15) is 10.4 Å². The molecule has 0 aliphatic rings. The van der Waals surface area contributed by atoms with Gasteiger partial charge in [-0.05, 0) is 24.3 Å². The van der Waals surface area contributed by atoms with Crippen LogP contribution in [0.15, 0.2) is 41.5 Å². The first kappa shape index (κ1) is 19.6. The van der Waals surface area contributed by atoms with E-state index in [1.807, 2.05) is 6.07 Å². The average Bonchev–Trinajstić information content (AvgIpc) is 2.71. The smallest absolute Gasteiger partial charge is 0.277 e. The van der Waals surface area contributed by atoms with Crippen LogP contribution in [0.5, 0.6) is 23.0 Å². The van der Waals surface area contributed by atoms with Gasteiger partial charge in [-0.25, -0.2) is 5.43 Å². The van der Waals surface area contributed by atoms with Crippen molar-refractivity contribution < 1.29 is 23.7 Å². The molecule has 0 aromatic heterocycles. The Morgan fingerprint density at radius 1 is 1.07 bits per heavy atom. The number of hydrogen-bond donors (Lipinski definition) is 1. The van der Waals surface area contributed by atoms with E-state index < -0.39 is 5.91 Å². The molecule has 8 heteroatoms. The van der Waals surface area contributed by atoms with Crippen molar-refractivity contribution in [1.82, 2.24) is 5.43 Å². The van der Waals surface area contributed by atoms with Crippen LogP contribution in [-0.4, -0.2) is 40.1 Å². The van der Waals surface area contributed by atoms with Crippen LogP contribution in [0.4, 0.5) is 0 Å². The number of para-hydroxylation sites is 1. The van der Waals surface area contributed by atoms with E-state index in [4.69, 9.17) is 24.2 Å². The van der Waals surface area contributed by atoms with Gasteiger partial charge in [0.2, 0.25) is 5.75 Å². The number of rotatable bonds is 8. The largest absolute Gasteiger partial charge is 0.493 e. The lowest BCUT2D eigenvalue weighted by Crippen LogP contribution is -2.24. The second kappa shape index (κ2) is 9.68. The van der Waals surface area contributed by atoms with Crippen LogP contribution >= 0.6 is 0 Å². The molecule has 0 spiro atoms. The Morgan fingerprint density at radius 3 is 2.48 bits per heavy atom. The molecule has 0 saturated carbocycles. The van der Waals surface area contributed by atoms with E-state index in [0.717, 1.165) is 0 Å². The molecule has 0 unspecified atom stereocenters. The van der Waals surface area contributed by atoms with Gasteiger partial charge in [-0.15, -0.1) is 0 Å². The van der Waals surface area contributed by atoms with Gasteiger partial charge in [0.1, 0.15) is 11.8 Å². The Hall–Kier alpha value is -3.73. The van der Waals surface area contributed by atoms with Crippen molar-refractivity contribution in [3.8, 4) is 29.1 Å². The second-order valence-corrected chi connectivity index (χ2v) is 5.11. The van der Waals surface area contributed by atoms with E-state index in [2.05, 4.69) is 10.5 Å². The highest BCUT2D eigenvalue weighted by Crippen LogP contribution is 2.38. The molecule has 2 rings (SSSR count). The summed E-state index contributed by atoms with van der Waals surface area (Å²) in [5.74, 6) is 1.22. The minimum atomic E-state index is -0.474. The van der Waals surface area contributed by atoms with E-state index in [9.17, 15) is 4.79 Å². The van der Waals surface area contributed by atoms with E-state index in [1.165, 1.54) is 27.5 Å². The Bertz CT molecular complexity index is 874. The monoisotopic (exact) mass is 369 g/mol. The van der Waals surface area contributed by atoms with Gasteiger partial charge in [0, 0.05) is 5.56 Å². The van der Waals surface area contributed by atoms with Crippen molar-refractivity contribution in [3.63, 3.8) is 0 Å². The lowest BCUT2D eigenvalue weighted by Gasteiger charge is -2.13. The highest BCUT2D eigenvalue weighted by atomic mass is 16.5. The summed E-state index contributed by atoms with van der Waals surface area (Å²) in [6, 6.07) is 12.1. The van der Waals surface area contributed by atoms with Crippen LogP contribution in [-0.2, 0) is 4.79 Å². The Labute approximate surface area is 156 Å². The SMILES string of the molecule is COc1ccc(/C=N/NC(=O)COc2ccccc2C#N)c(OC)c1OC. The van der Waals surface area contributed by atoms with Gasteiger partial charge in [0.05, 0.1) is 33.1 Å². The van der Waals surface area contributed by atoms with Crippen LogP contribution < -0.4 is 24.4 Å². The van der Waals surface area contributed by atoms with Crippen LogP contribution in [0, 0.1) is 11.3 Å². The number of carbonyl (C=O) groups is 1. The molecule has 2 aromatic carbocycles. The molecule has 0 aliphatic carbocycles. The summed E-state index contributed by atoms with van der Waals surface area (Å²) in [6.45, 7) is -0.279. The Balaban J connectivity index is 2.01. The molecule has 140 valence electrons. The second-order valence-electron chi connectivity index (χ2n) is 5.11. The van der Waals surface area contributed by atoms with Gasteiger partial charge < -0.3 is 18.9 Å². The lowest BCUT2D eigenvalue weighted by atomic mass is 10.2. The Kier molecular flexibility index (Phi) is 7.02. The normalized spacial score (nSPS) is 10.1. The summed E-state index contributed by atoms with van der Waals surface area (Å²) in [5.41, 5.74) is 3.29. The number of hydrogen-bond acceptors (Lipinski definition) is 7. The predicted molar refractivity (Wildman–Crippen MR) is 98.5 cm³/mol. The van der Waals surface area contributed by atoms with Crippen molar-refractivity contribution in [1.29, 1.82) is 5.26 Å². The minimum Gasteiger partial charge on any atom is -0.493 e. The minimum absolute atomic E-state index is 0.279. The maximum absolute atomic E-state index is 11.9. The van der Waals surface area contributed by atoms with Gasteiger partial charge in [0.15, 0.2) is 18.1 Å². The van der Waals surface area contributed by atoms with Crippen molar-refractivity contribution in [2.75, 3.05) is 27.9 Å². The summed E-state index contributed by atoms with van der Waals surface area (Å²) in [7, 11) is 4.52. The molecule has 0 radical (unpaired) electrons. The van der Waals surface area contributed by atoms with E-state index in [1.54, 1.807) is 36.4 Å². The van der Waals surface area contributed by atoms with Gasteiger partial charge >= 0.3 is 0 Å². The molecule has 8 nitrogen and oxygen atoms in total. The Morgan fingerprint density at radius 2 is 1.81 bits per heavy atom. The predicted octanol–water partition coefficient (Wildman–Crippen LogP) is 2.11. The van der Waals surface area contributed by atoms with Crippen LogP contribution in [0.1, 0.15) is 11.1 Å². The third-order valence-electron chi connectivity index (χ3n) is 3.49. The van der Waals surface area contributed by atoms with Gasteiger partial charge in [-0.3, -0.25) is 4.79 Å². The molecule has 1 amide bonds. The molecule has 0 atom stereocenters. The standard InChI is InChI=1S/C19H19N3O5/c1-24-16-9-8-14(18(25-2)19(16)26-3)11-21-22-17(23)12-27-15-7-5-4-6-13(15)10-20/h4-9,11H,12H2,1-3H3,(H,22,23)/b21-11+.